The monoisotopic (exact) mass is 325 g/mol. The Morgan fingerprint density at radius 3 is 2.77 bits per heavy atom. The van der Waals surface area contributed by atoms with Crippen LogP contribution in [0.4, 0.5) is 11.4 Å². The average Bonchev–Trinajstić information content (AvgIpc) is 2.85. The SMILES string of the molecule is CC[C@H](C(=O)Nc1ccc([N+](=O)[O-])c(Cl)c1)N1CCCC1=O. The Kier molecular flexibility index (Phi) is 4.97. The van der Waals surface area contributed by atoms with E-state index in [-0.39, 0.29) is 22.5 Å². The summed E-state index contributed by atoms with van der Waals surface area (Å²) in [6.07, 6.45) is 1.72. The summed E-state index contributed by atoms with van der Waals surface area (Å²) < 4.78 is 0. The highest BCUT2D eigenvalue weighted by Gasteiger charge is 2.31. The molecule has 2 rings (SSSR count). The number of nitro groups is 1. The summed E-state index contributed by atoms with van der Waals surface area (Å²) in [5.74, 6) is -0.341. The number of rotatable bonds is 5. The van der Waals surface area contributed by atoms with Crippen LogP contribution < -0.4 is 5.32 Å². The number of nitrogens with one attached hydrogen (secondary N) is 1. The Hall–Kier alpha value is -2.15. The molecular weight excluding hydrogens is 310 g/mol. The molecule has 1 fully saturated rings. The summed E-state index contributed by atoms with van der Waals surface area (Å²) >= 11 is 5.81. The maximum atomic E-state index is 12.3. The van der Waals surface area contributed by atoms with E-state index in [0.29, 0.717) is 25.1 Å². The van der Waals surface area contributed by atoms with Gasteiger partial charge in [-0.2, -0.15) is 0 Å². The van der Waals surface area contributed by atoms with Crippen molar-refractivity contribution >= 4 is 34.8 Å². The summed E-state index contributed by atoms with van der Waals surface area (Å²) in [5, 5.41) is 13.3. The van der Waals surface area contributed by atoms with E-state index in [0.717, 1.165) is 6.42 Å². The molecule has 0 bridgehead atoms. The van der Waals surface area contributed by atoms with Crippen LogP contribution in [0.5, 0.6) is 0 Å². The molecule has 22 heavy (non-hydrogen) atoms. The second kappa shape index (κ2) is 6.74. The third-order valence-corrected chi connectivity index (χ3v) is 3.89. The molecule has 1 aromatic rings. The number of hydrogen-bond acceptors (Lipinski definition) is 4. The minimum Gasteiger partial charge on any atom is -0.331 e. The molecule has 0 aromatic heterocycles. The number of benzene rings is 1. The van der Waals surface area contributed by atoms with Crippen LogP contribution >= 0.6 is 11.6 Å². The lowest BCUT2D eigenvalue weighted by atomic mass is 10.1. The highest BCUT2D eigenvalue weighted by atomic mass is 35.5. The van der Waals surface area contributed by atoms with E-state index in [1.165, 1.54) is 18.2 Å². The molecule has 1 saturated heterocycles. The number of carbonyl (C=O) groups is 2. The molecule has 1 aromatic carbocycles. The van der Waals surface area contributed by atoms with Crippen molar-refractivity contribution < 1.29 is 14.5 Å². The van der Waals surface area contributed by atoms with Gasteiger partial charge >= 0.3 is 0 Å². The second-order valence-corrected chi connectivity index (χ2v) is 5.43. The van der Waals surface area contributed by atoms with Crippen molar-refractivity contribution in [3.05, 3.63) is 33.3 Å². The van der Waals surface area contributed by atoms with Crippen LogP contribution in [-0.2, 0) is 9.59 Å². The van der Waals surface area contributed by atoms with Crippen molar-refractivity contribution in [1.82, 2.24) is 4.90 Å². The maximum Gasteiger partial charge on any atom is 0.288 e. The third kappa shape index (κ3) is 3.36. The van der Waals surface area contributed by atoms with Crippen molar-refractivity contribution in [2.45, 2.75) is 32.2 Å². The van der Waals surface area contributed by atoms with Gasteiger partial charge in [0.05, 0.1) is 4.92 Å². The van der Waals surface area contributed by atoms with Gasteiger partial charge in [-0.1, -0.05) is 18.5 Å². The number of halogens is 1. The molecule has 1 aliphatic rings. The largest absolute Gasteiger partial charge is 0.331 e. The predicted octanol–water partition coefficient (Wildman–Crippen LogP) is 2.59. The lowest BCUT2D eigenvalue weighted by molar-refractivity contribution is -0.384. The number of amides is 2. The standard InChI is InChI=1S/C14H16ClN3O4/c1-2-11(17-7-3-4-13(17)19)14(20)16-9-5-6-12(18(21)22)10(15)8-9/h5-6,8,11H,2-4,7H2,1H3,(H,16,20)/t11-/m1/s1. The summed E-state index contributed by atoms with van der Waals surface area (Å²) in [5.41, 5.74) is 0.145. The summed E-state index contributed by atoms with van der Waals surface area (Å²) in [6, 6.07) is 3.44. The molecule has 0 radical (unpaired) electrons. The number of carbonyl (C=O) groups excluding carboxylic acids is 2. The average molecular weight is 326 g/mol. The van der Waals surface area contributed by atoms with Crippen molar-refractivity contribution in [2.24, 2.45) is 0 Å². The van der Waals surface area contributed by atoms with E-state index in [4.69, 9.17) is 11.6 Å². The van der Waals surface area contributed by atoms with E-state index in [2.05, 4.69) is 5.32 Å². The Labute approximate surface area is 132 Å². The van der Waals surface area contributed by atoms with Crippen LogP contribution in [0.15, 0.2) is 18.2 Å². The highest BCUT2D eigenvalue weighted by Crippen LogP contribution is 2.27. The van der Waals surface area contributed by atoms with Gasteiger partial charge in [0.25, 0.3) is 5.69 Å². The van der Waals surface area contributed by atoms with Gasteiger partial charge < -0.3 is 10.2 Å². The van der Waals surface area contributed by atoms with Crippen LogP contribution in [-0.4, -0.2) is 34.2 Å². The molecule has 1 atom stereocenters. The number of likely N-dealkylation sites (tertiary alicyclic amines) is 1. The Balaban J connectivity index is 2.12. The van der Waals surface area contributed by atoms with E-state index in [1.807, 2.05) is 6.92 Å². The topological polar surface area (TPSA) is 92.5 Å². The van der Waals surface area contributed by atoms with E-state index in [9.17, 15) is 19.7 Å². The fraction of sp³-hybridized carbons (Fsp3) is 0.429. The summed E-state index contributed by atoms with van der Waals surface area (Å²) in [7, 11) is 0. The van der Waals surface area contributed by atoms with Crippen LogP contribution in [0.2, 0.25) is 5.02 Å². The van der Waals surface area contributed by atoms with Crippen LogP contribution in [0, 0.1) is 10.1 Å². The first-order chi connectivity index (χ1) is 10.4. The molecule has 118 valence electrons. The predicted molar refractivity (Wildman–Crippen MR) is 81.8 cm³/mol. The zero-order valence-corrected chi connectivity index (χ0v) is 12.8. The van der Waals surface area contributed by atoms with Crippen LogP contribution in [0.3, 0.4) is 0 Å². The van der Waals surface area contributed by atoms with Gasteiger partial charge in [-0.25, -0.2) is 0 Å². The van der Waals surface area contributed by atoms with Gasteiger partial charge in [0.2, 0.25) is 11.8 Å². The minimum absolute atomic E-state index is 0.0243. The first kappa shape index (κ1) is 16.2. The third-order valence-electron chi connectivity index (χ3n) is 3.59. The number of nitrogens with zero attached hydrogens (tertiary/aromatic N) is 2. The smallest absolute Gasteiger partial charge is 0.288 e. The first-order valence-electron chi connectivity index (χ1n) is 6.98. The molecule has 7 nitrogen and oxygen atoms in total. The molecule has 1 heterocycles. The zero-order chi connectivity index (χ0) is 16.3. The van der Waals surface area contributed by atoms with Gasteiger partial charge in [-0.15, -0.1) is 0 Å². The van der Waals surface area contributed by atoms with E-state index >= 15 is 0 Å². The Morgan fingerprint density at radius 2 is 2.27 bits per heavy atom. The fourth-order valence-electron chi connectivity index (χ4n) is 2.50. The number of hydrogen-bond donors (Lipinski definition) is 1. The van der Waals surface area contributed by atoms with Gasteiger partial charge in [0.15, 0.2) is 0 Å². The van der Waals surface area contributed by atoms with Gasteiger partial charge in [0.1, 0.15) is 11.1 Å². The summed E-state index contributed by atoms with van der Waals surface area (Å²) in [6.45, 7) is 2.41. The Bertz CT molecular complexity index is 620. The van der Waals surface area contributed by atoms with Crippen LogP contribution in [0.1, 0.15) is 26.2 Å². The lowest BCUT2D eigenvalue weighted by Gasteiger charge is -2.25. The lowest BCUT2D eigenvalue weighted by Crippen LogP contribution is -2.44. The van der Waals surface area contributed by atoms with Crippen molar-refractivity contribution in [3.63, 3.8) is 0 Å². The Morgan fingerprint density at radius 1 is 1.55 bits per heavy atom. The molecular formula is C14H16ClN3O4. The molecule has 8 heteroatoms. The van der Waals surface area contributed by atoms with Gasteiger partial charge in [-0.05, 0) is 25.0 Å². The van der Waals surface area contributed by atoms with Crippen molar-refractivity contribution in [3.8, 4) is 0 Å². The maximum absolute atomic E-state index is 12.3. The fourth-order valence-corrected chi connectivity index (χ4v) is 2.75. The second-order valence-electron chi connectivity index (χ2n) is 5.03. The molecule has 1 N–H and O–H groups in total. The molecule has 0 aliphatic carbocycles. The normalized spacial score (nSPS) is 15.7. The molecule has 0 saturated carbocycles. The van der Waals surface area contributed by atoms with Crippen LogP contribution in [0.25, 0.3) is 0 Å². The quantitative estimate of drug-likeness (QED) is 0.665. The van der Waals surface area contributed by atoms with Gasteiger partial charge in [-0.3, -0.25) is 19.7 Å². The highest BCUT2D eigenvalue weighted by molar-refractivity contribution is 6.33. The first-order valence-corrected chi connectivity index (χ1v) is 7.36. The minimum atomic E-state index is -0.592. The van der Waals surface area contributed by atoms with E-state index in [1.54, 1.807) is 4.90 Å². The molecule has 0 unspecified atom stereocenters. The van der Waals surface area contributed by atoms with Crippen molar-refractivity contribution in [2.75, 3.05) is 11.9 Å². The van der Waals surface area contributed by atoms with Crippen molar-refractivity contribution in [1.29, 1.82) is 0 Å². The zero-order valence-electron chi connectivity index (χ0n) is 12.0. The number of anilines is 1. The molecule has 0 spiro atoms. The summed E-state index contributed by atoms with van der Waals surface area (Å²) in [4.78, 5) is 35.8. The number of nitro benzene ring substituents is 1. The van der Waals surface area contributed by atoms with E-state index < -0.39 is 11.0 Å². The molecule has 1 aliphatic heterocycles. The van der Waals surface area contributed by atoms with Gasteiger partial charge in [0, 0.05) is 24.7 Å². The molecule has 2 amide bonds.